The Kier molecular flexibility index (Phi) is 6.95. The van der Waals surface area contributed by atoms with Gasteiger partial charge in [-0.2, -0.15) is 0 Å². The molecule has 3 heteroatoms. The highest BCUT2D eigenvalue weighted by atomic mass is 19.2. The van der Waals surface area contributed by atoms with Gasteiger partial charge in [0, 0.05) is 5.39 Å². The van der Waals surface area contributed by atoms with Gasteiger partial charge in [0.1, 0.15) is 5.75 Å². The van der Waals surface area contributed by atoms with E-state index < -0.39 is 11.6 Å². The van der Waals surface area contributed by atoms with E-state index in [2.05, 4.69) is 6.92 Å². The Balaban J connectivity index is 1.43. The zero-order valence-corrected chi connectivity index (χ0v) is 18.6. The van der Waals surface area contributed by atoms with Crippen molar-refractivity contribution >= 4 is 10.8 Å². The molecule has 0 saturated heterocycles. The number of benzene rings is 2. The molecule has 164 valence electrons. The van der Waals surface area contributed by atoms with Crippen LogP contribution in [0, 0.1) is 29.4 Å². The first kappa shape index (κ1) is 21.6. The number of fused-ring (bicyclic) bond motifs is 1. The topological polar surface area (TPSA) is 9.23 Å². The fourth-order valence-corrected chi connectivity index (χ4v) is 6.14. The highest BCUT2D eigenvalue weighted by Gasteiger charge is 2.32. The third kappa shape index (κ3) is 4.50. The third-order valence-corrected chi connectivity index (χ3v) is 7.80. The summed E-state index contributed by atoms with van der Waals surface area (Å²) in [6, 6.07) is 7.20. The number of halogens is 2. The summed E-state index contributed by atoms with van der Waals surface area (Å²) in [7, 11) is 0. The lowest BCUT2D eigenvalue weighted by Gasteiger charge is -2.38. The van der Waals surface area contributed by atoms with Crippen molar-refractivity contribution in [1.82, 2.24) is 0 Å². The predicted molar refractivity (Wildman–Crippen MR) is 120 cm³/mol. The molecule has 4 rings (SSSR count). The van der Waals surface area contributed by atoms with Gasteiger partial charge in [-0.15, -0.1) is 0 Å². The summed E-state index contributed by atoms with van der Waals surface area (Å²) >= 11 is 0. The number of ether oxygens (including phenoxy) is 1. The van der Waals surface area contributed by atoms with Crippen LogP contribution in [0.1, 0.15) is 89.5 Å². The van der Waals surface area contributed by atoms with E-state index in [4.69, 9.17) is 4.74 Å². The summed E-state index contributed by atoms with van der Waals surface area (Å²) in [4.78, 5) is 0. The maximum absolute atomic E-state index is 15.0. The molecule has 0 bridgehead atoms. The number of hydrogen-bond acceptors (Lipinski definition) is 1. The van der Waals surface area contributed by atoms with Crippen LogP contribution in [0.5, 0.6) is 5.75 Å². The summed E-state index contributed by atoms with van der Waals surface area (Å²) in [5.74, 6) is 1.94. The summed E-state index contributed by atoms with van der Waals surface area (Å²) in [6.07, 6.45) is 12.5. The van der Waals surface area contributed by atoms with Gasteiger partial charge in [0.25, 0.3) is 0 Å². The molecule has 0 aromatic heterocycles. The van der Waals surface area contributed by atoms with Crippen molar-refractivity contribution < 1.29 is 13.5 Å². The molecule has 0 amide bonds. The highest BCUT2D eigenvalue weighted by molar-refractivity contribution is 5.85. The van der Waals surface area contributed by atoms with Gasteiger partial charge >= 0.3 is 0 Å². The molecular weight excluding hydrogens is 378 g/mol. The molecule has 0 unspecified atom stereocenters. The molecule has 2 aromatic carbocycles. The van der Waals surface area contributed by atoms with Gasteiger partial charge < -0.3 is 4.74 Å². The monoisotopic (exact) mass is 414 g/mol. The number of hydrogen-bond donors (Lipinski definition) is 0. The smallest absolute Gasteiger partial charge is 0.167 e. The average molecular weight is 415 g/mol. The Bertz CT molecular complexity index is 846. The van der Waals surface area contributed by atoms with Crippen LogP contribution in [0.4, 0.5) is 8.78 Å². The third-order valence-electron chi connectivity index (χ3n) is 7.80. The molecule has 0 heterocycles. The van der Waals surface area contributed by atoms with E-state index in [0.717, 1.165) is 48.8 Å². The molecule has 0 N–H and O–H groups in total. The summed E-state index contributed by atoms with van der Waals surface area (Å²) in [6.45, 7) is 4.69. The van der Waals surface area contributed by atoms with Gasteiger partial charge in [-0.3, -0.25) is 0 Å². The van der Waals surface area contributed by atoms with E-state index in [1.54, 1.807) is 6.07 Å². The van der Waals surface area contributed by atoms with Crippen LogP contribution in [-0.4, -0.2) is 6.61 Å². The van der Waals surface area contributed by atoms with Crippen LogP contribution >= 0.6 is 0 Å². The maximum Gasteiger partial charge on any atom is 0.167 e. The van der Waals surface area contributed by atoms with E-state index in [9.17, 15) is 8.78 Å². The molecule has 2 saturated carbocycles. The lowest BCUT2D eigenvalue weighted by atomic mass is 9.68. The van der Waals surface area contributed by atoms with E-state index in [-0.39, 0.29) is 5.92 Å². The van der Waals surface area contributed by atoms with Gasteiger partial charge in [-0.05, 0) is 98.3 Å². The predicted octanol–water partition coefficient (Wildman–Crippen LogP) is 8.40. The molecule has 0 spiro atoms. The minimum absolute atomic E-state index is 0.142. The van der Waals surface area contributed by atoms with Crippen LogP contribution in [-0.2, 0) is 0 Å². The molecule has 2 aliphatic carbocycles. The van der Waals surface area contributed by atoms with Crippen molar-refractivity contribution in [2.45, 2.75) is 84.0 Å². The minimum atomic E-state index is -0.722. The first-order valence-electron chi connectivity index (χ1n) is 12.1. The Morgan fingerprint density at radius 2 is 1.50 bits per heavy atom. The Morgan fingerprint density at radius 1 is 0.833 bits per heavy atom. The van der Waals surface area contributed by atoms with E-state index in [1.165, 1.54) is 38.5 Å². The SMILES string of the molecule is CCCC1CCC(C2CCC(c3cc4ccc(OCC)cc4c(F)c3F)CC2)CC1. The molecule has 0 atom stereocenters. The minimum Gasteiger partial charge on any atom is -0.494 e. The van der Waals surface area contributed by atoms with Crippen molar-refractivity contribution in [2.24, 2.45) is 17.8 Å². The van der Waals surface area contributed by atoms with Gasteiger partial charge in [-0.1, -0.05) is 38.7 Å². The fourth-order valence-electron chi connectivity index (χ4n) is 6.14. The fraction of sp³-hybridized carbons (Fsp3) is 0.630. The maximum atomic E-state index is 15.0. The second-order valence-corrected chi connectivity index (χ2v) is 9.59. The standard InChI is InChI=1S/C27H36F2O/c1-3-5-18-6-8-19(9-7-18)20-10-12-21(13-11-20)24-16-22-14-15-23(30-4-2)17-25(22)27(29)26(24)28/h14-21H,3-13H2,1-2H3. The molecule has 2 aliphatic rings. The zero-order valence-electron chi connectivity index (χ0n) is 18.6. The Labute approximate surface area is 180 Å². The summed E-state index contributed by atoms with van der Waals surface area (Å²) in [5.41, 5.74) is 0.578. The largest absolute Gasteiger partial charge is 0.494 e. The first-order valence-corrected chi connectivity index (χ1v) is 12.1. The second-order valence-electron chi connectivity index (χ2n) is 9.59. The summed E-state index contributed by atoms with van der Waals surface area (Å²) < 4.78 is 35.3. The van der Waals surface area contributed by atoms with Crippen LogP contribution in [0.3, 0.4) is 0 Å². The molecule has 30 heavy (non-hydrogen) atoms. The quantitative estimate of drug-likeness (QED) is 0.461. The number of rotatable bonds is 6. The average Bonchev–Trinajstić information content (AvgIpc) is 2.78. The van der Waals surface area contributed by atoms with Gasteiger partial charge in [-0.25, -0.2) is 8.78 Å². The zero-order chi connectivity index (χ0) is 21.1. The van der Waals surface area contributed by atoms with E-state index in [1.807, 2.05) is 25.1 Å². The Hall–Kier alpha value is -1.64. The lowest BCUT2D eigenvalue weighted by Crippen LogP contribution is -2.25. The first-order chi connectivity index (χ1) is 14.6. The van der Waals surface area contributed by atoms with Crippen LogP contribution < -0.4 is 4.74 Å². The molecule has 2 fully saturated rings. The lowest BCUT2D eigenvalue weighted by molar-refractivity contribution is 0.156. The molecule has 2 aromatic rings. The van der Waals surface area contributed by atoms with Crippen LogP contribution in [0.2, 0.25) is 0 Å². The van der Waals surface area contributed by atoms with Gasteiger partial charge in [0.05, 0.1) is 6.61 Å². The molecule has 0 aliphatic heterocycles. The van der Waals surface area contributed by atoms with Gasteiger partial charge in [0.15, 0.2) is 11.6 Å². The summed E-state index contributed by atoms with van der Waals surface area (Å²) in [5, 5.41) is 1.09. The van der Waals surface area contributed by atoms with Crippen molar-refractivity contribution in [3.8, 4) is 5.75 Å². The van der Waals surface area contributed by atoms with Crippen molar-refractivity contribution in [1.29, 1.82) is 0 Å². The van der Waals surface area contributed by atoms with E-state index >= 15 is 0 Å². The van der Waals surface area contributed by atoms with Crippen LogP contribution in [0.15, 0.2) is 24.3 Å². The van der Waals surface area contributed by atoms with Crippen LogP contribution in [0.25, 0.3) is 10.8 Å². The molecule has 0 radical (unpaired) electrons. The van der Waals surface area contributed by atoms with Crippen molar-refractivity contribution in [3.05, 3.63) is 41.5 Å². The second kappa shape index (κ2) is 9.66. The molecule has 1 nitrogen and oxygen atoms in total. The normalized spacial score (nSPS) is 27.3. The Morgan fingerprint density at radius 3 is 2.13 bits per heavy atom. The van der Waals surface area contributed by atoms with E-state index in [0.29, 0.717) is 23.3 Å². The van der Waals surface area contributed by atoms with Crippen molar-refractivity contribution in [3.63, 3.8) is 0 Å². The van der Waals surface area contributed by atoms with Gasteiger partial charge in [0.2, 0.25) is 0 Å². The molecular formula is C27H36F2O. The van der Waals surface area contributed by atoms with Crippen molar-refractivity contribution in [2.75, 3.05) is 6.61 Å². The highest BCUT2D eigenvalue weighted by Crippen LogP contribution is 2.45.